The van der Waals surface area contributed by atoms with Crippen LogP contribution in [0.3, 0.4) is 0 Å². The Labute approximate surface area is 146 Å². The highest BCUT2D eigenvalue weighted by Gasteiger charge is 2.22. The number of phenolic OH excluding ortho intramolecular Hbond substituents is 1. The molecule has 25 heavy (non-hydrogen) atoms. The van der Waals surface area contributed by atoms with Crippen LogP contribution in [0.5, 0.6) is 11.5 Å². The molecule has 130 valence electrons. The first kappa shape index (κ1) is 16.8. The monoisotopic (exact) mass is 340 g/mol. The molecule has 1 heterocycles. The van der Waals surface area contributed by atoms with Crippen molar-refractivity contribution in [1.82, 2.24) is 9.80 Å². The number of aromatic hydroxyl groups is 1. The molecule has 0 aromatic heterocycles. The second kappa shape index (κ2) is 6.84. The van der Waals surface area contributed by atoms with Gasteiger partial charge in [-0.3, -0.25) is 9.59 Å². The Balaban J connectivity index is 1.86. The Bertz CT molecular complexity index is 817. The first-order chi connectivity index (χ1) is 12.0. The molecule has 0 atom stereocenters. The number of carbonyl (C=O) groups excluding carboxylic acids is 2. The molecule has 6 heteroatoms. The minimum absolute atomic E-state index is 0.134. The van der Waals surface area contributed by atoms with Gasteiger partial charge in [0, 0.05) is 37.3 Å². The zero-order valence-electron chi connectivity index (χ0n) is 14.2. The van der Waals surface area contributed by atoms with Gasteiger partial charge in [0.2, 0.25) is 0 Å². The van der Waals surface area contributed by atoms with Crippen LogP contribution in [0.15, 0.2) is 42.5 Å². The van der Waals surface area contributed by atoms with E-state index in [9.17, 15) is 14.7 Å². The average Bonchev–Trinajstić information content (AvgIpc) is 2.82. The molecular formula is C19H20N2O4. The number of hydrogen-bond acceptors (Lipinski definition) is 4. The summed E-state index contributed by atoms with van der Waals surface area (Å²) in [6.07, 6.45) is 0. The highest BCUT2D eigenvalue weighted by atomic mass is 16.5. The van der Waals surface area contributed by atoms with Gasteiger partial charge in [0.25, 0.3) is 11.8 Å². The number of hydrogen-bond donors (Lipinski definition) is 1. The van der Waals surface area contributed by atoms with E-state index in [0.29, 0.717) is 36.6 Å². The van der Waals surface area contributed by atoms with E-state index in [1.54, 1.807) is 61.5 Å². The number of nitrogens with zero attached hydrogens (tertiary/aromatic N) is 2. The van der Waals surface area contributed by atoms with Gasteiger partial charge in [-0.05, 0) is 36.4 Å². The zero-order chi connectivity index (χ0) is 18.0. The summed E-state index contributed by atoms with van der Waals surface area (Å²) in [5.41, 5.74) is 1.68. The highest BCUT2D eigenvalue weighted by Crippen LogP contribution is 2.27. The van der Waals surface area contributed by atoms with E-state index in [4.69, 9.17) is 4.74 Å². The predicted molar refractivity (Wildman–Crippen MR) is 92.8 cm³/mol. The molecule has 2 amide bonds. The second-order valence-corrected chi connectivity index (χ2v) is 6.15. The highest BCUT2D eigenvalue weighted by molar-refractivity contribution is 5.99. The van der Waals surface area contributed by atoms with Crippen LogP contribution in [0.1, 0.15) is 26.3 Å². The third-order valence-electron chi connectivity index (χ3n) is 4.07. The van der Waals surface area contributed by atoms with Crippen LogP contribution in [0.4, 0.5) is 0 Å². The molecule has 1 aliphatic rings. The Kier molecular flexibility index (Phi) is 4.61. The number of rotatable bonds is 2. The lowest BCUT2D eigenvalue weighted by Gasteiger charge is -2.20. The molecule has 0 bridgehead atoms. The van der Waals surface area contributed by atoms with Crippen molar-refractivity contribution in [2.45, 2.75) is 6.54 Å². The van der Waals surface area contributed by atoms with Gasteiger partial charge < -0.3 is 19.6 Å². The maximum atomic E-state index is 12.9. The van der Waals surface area contributed by atoms with E-state index in [2.05, 4.69) is 0 Å². The van der Waals surface area contributed by atoms with Gasteiger partial charge in [0.15, 0.2) is 0 Å². The van der Waals surface area contributed by atoms with Crippen LogP contribution in [-0.2, 0) is 6.54 Å². The minimum atomic E-state index is -0.173. The van der Waals surface area contributed by atoms with Crippen LogP contribution in [0.2, 0.25) is 0 Å². The van der Waals surface area contributed by atoms with Crippen molar-refractivity contribution in [2.75, 3.05) is 27.2 Å². The van der Waals surface area contributed by atoms with E-state index in [1.165, 1.54) is 4.90 Å². The molecule has 1 aliphatic heterocycles. The Hall–Kier alpha value is -3.02. The number of ether oxygens (including phenoxy) is 1. The fourth-order valence-corrected chi connectivity index (χ4v) is 2.78. The standard InChI is InChI=1S/C19H20N2O4/c1-20(2)18(23)13-4-3-5-14(10-13)19(24)21-8-9-25-17-7-6-16(22)11-15(17)12-21/h3-7,10-11,22H,8-9,12H2,1-2H3. The average molecular weight is 340 g/mol. The summed E-state index contributed by atoms with van der Waals surface area (Å²) in [4.78, 5) is 28.1. The van der Waals surface area contributed by atoms with E-state index in [-0.39, 0.29) is 17.6 Å². The molecule has 0 saturated heterocycles. The molecule has 6 nitrogen and oxygen atoms in total. The summed E-state index contributed by atoms with van der Waals surface area (Å²) in [6, 6.07) is 11.6. The van der Waals surface area contributed by atoms with Gasteiger partial charge >= 0.3 is 0 Å². The van der Waals surface area contributed by atoms with E-state index < -0.39 is 0 Å². The van der Waals surface area contributed by atoms with E-state index in [0.717, 1.165) is 5.56 Å². The summed E-state index contributed by atoms with van der Waals surface area (Å²) in [5, 5.41) is 9.67. The minimum Gasteiger partial charge on any atom is -0.508 e. The molecular weight excluding hydrogens is 320 g/mol. The zero-order valence-corrected chi connectivity index (χ0v) is 14.2. The van der Waals surface area contributed by atoms with Gasteiger partial charge in [0.1, 0.15) is 18.1 Å². The largest absolute Gasteiger partial charge is 0.508 e. The van der Waals surface area contributed by atoms with Crippen LogP contribution in [0.25, 0.3) is 0 Å². The first-order valence-electron chi connectivity index (χ1n) is 8.01. The molecule has 0 radical (unpaired) electrons. The van der Waals surface area contributed by atoms with Gasteiger partial charge in [-0.2, -0.15) is 0 Å². The van der Waals surface area contributed by atoms with Crippen molar-refractivity contribution in [1.29, 1.82) is 0 Å². The Morgan fingerprint density at radius 2 is 1.88 bits per heavy atom. The van der Waals surface area contributed by atoms with Gasteiger partial charge in [-0.15, -0.1) is 0 Å². The van der Waals surface area contributed by atoms with Gasteiger partial charge in [0.05, 0.1) is 6.54 Å². The first-order valence-corrected chi connectivity index (χ1v) is 8.01. The molecule has 2 aromatic rings. The van der Waals surface area contributed by atoms with Crippen molar-refractivity contribution in [3.05, 3.63) is 59.2 Å². The van der Waals surface area contributed by atoms with E-state index >= 15 is 0 Å². The molecule has 0 aliphatic carbocycles. The molecule has 2 aromatic carbocycles. The van der Waals surface area contributed by atoms with E-state index in [1.807, 2.05) is 0 Å². The maximum Gasteiger partial charge on any atom is 0.254 e. The van der Waals surface area contributed by atoms with Crippen molar-refractivity contribution < 1.29 is 19.4 Å². The van der Waals surface area contributed by atoms with Crippen LogP contribution in [0, 0.1) is 0 Å². The second-order valence-electron chi connectivity index (χ2n) is 6.15. The lowest BCUT2D eigenvalue weighted by atomic mass is 10.1. The molecule has 0 unspecified atom stereocenters. The van der Waals surface area contributed by atoms with Gasteiger partial charge in [-0.1, -0.05) is 6.07 Å². The third kappa shape index (κ3) is 3.57. The SMILES string of the molecule is CN(C)C(=O)c1cccc(C(=O)N2CCOc3ccc(O)cc3C2)c1. The summed E-state index contributed by atoms with van der Waals surface area (Å²) in [5.74, 6) is 0.483. The summed E-state index contributed by atoms with van der Waals surface area (Å²) in [6.45, 7) is 1.15. The number of phenols is 1. The van der Waals surface area contributed by atoms with Crippen molar-refractivity contribution >= 4 is 11.8 Å². The summed E-state index contributed by atoms with van der Waals surface area (Å²) >= 11 is 0. The predicted octanol–water partition coefficient (Wildman–Crippen LogP) is 2.13. The number of fused-ring (bicyclic) bond motifs is 1. The lowest BCUT2D eigenvalue weighted by Crippen LogP contribution is -2.32. The smallest absolute Gasteiger partial charge is 0.254 e. The van der Waals surface area contributed by atoms with Crippen molar-refractivity contribution in [3.8, 4) is 11.5 Å². The van der Waals surface area contributed by atoms with Crippen LogP contribution >= 0.6 is 0 Å². The topological polar surface area (TPSA) is 70.1 Å². The van der Waals surface area contributed by atoms with Crippen LogP contribution in [-0.4, -0.2) is 54.0 Å². The summed E-state index contributed by atoms with van der Waals surface area (Å²) in [7, 11) is 3.35. The number of amides is 2. The Morgan fingerprint density at radius 3 is 2.64 bits per heavy atom. The maximum absolute atomic E-state index is 12.9. The molecule has 3 rings (SSSR count). The quantitative estimate of drug-likeness (QED) is 0.909. The fraction of sp³-hybridized carbons (Fsp3) is 0.263. The number of carbonyl (C=O) groups is 2. The van der Waals surface area contributed by atoms with Crippen molar-refractivity contribution in [3.63, 3.8) is 0 Å². The lowest BCUT2D eigenvalue weighted by molar-refractivity contribution is 0.0733. The third-order valence-corrected chi connectivity index (χ3v) is 4.07. The molecule has 1 N–H and O–H groups in total. The molecule has 0 spiro atoms. The number of benzene rings is 2. The van der Waals surface area contributed by atoms with Gasteiger partial charge in [-0.25, -0.2) is 0 Å². The summed E-state index contributed by atoms with van der Waals surface area (Å²) < 4.78 is 5.65. The fourth-order valence-electron chi connectivity index (χ4n) is 2.78. The van der Waals surface area contributed by atoms with Crippen molar-refractivity contribution in [2.24, 2.45) is 0 Å². The normalized spacial score (nSPS) is 13.4. The molecule has 0 saturated carbocycles. The molecule has 0 fully saturated rings. The Morgan fingerprint density at radius 1 is 1.12 bits per heavy atom. The van der Waals surface area contributed by atoms with Crippen LogP contribution < -0.4 is 4.74 Å².